The predicted octanol–water partition coefficient (Wildman–Crippen LogP) is 3.19. The van der Waals surface area contributed by atoms with Gasteiger partial charge >= 0.3 is 0 Å². The molecule has 2 aromatic carbocycles. The molecule has 20 heavy (non-hydrogen) atoms. The van der Waals surface area contributed by atoms with Gasteiger partial charge in [-0.1, -0.05) is 6.07 Å². The highest BCUT2D eigenvalue weighted by Gasteiger charge is 2.27. The van der Waals surface area contributed by atoms with E-state index in [9.17, 15) is 13.9 Å². The molecule has 104 valence electrons. The third-order valence-electron chi connectivity index (χ3n) is 3.45. The minimum absolute atomic E-state index is 0.364. The van der Waals surface area contributed by atoms with Crippen LogP contribution in [0.5, 0.6) is 11.5 Å². The summed E-state index contributed by atoms with van der Waals surface area (Å²) >= 11 is 0. The first-order valence-electron chi connectivity index (χ1n) is 6.24. The number of benzene rings is 2. The molecule has 1 aliphatic rings. The zero-order chi connectivity index (χ0) is 14.3. The summed E-state index contributed by atoms with van der Waals surface area (Å²) in [6.45, 7) is 0. The Labute approximate surface area is 114 Å². The van der Waals surface area contributed by atoms with Gasteiger partial charge in [-0.15, -0.1) is 0 Å². The lowest BCUT2D eigenvalue weighted by molar-refractivity contribution is 0.160. The van der Waals surface area contributed by atoms with E-state index in [4.69, 9.17) is 10.5 Å². The predicted molar refractivity (Wildman–Crippen MR) is 69.4 cm³/mol. The van der Waals surface area contributed by atoms with E-state index in [0.29, 0.717) is 23.3 Å². The number of hydrogen-bond donors (Lipinski definition) is 2. The van der Waals surface area contributed by atoms with Crippen LogP contribution in [0.25, 0.3) is 0 Å². The van der Waals surface area contributed by atoms with Gasteiger partial charge in [0.05, 0.1) is 0 Å². The highest BCUT2D eigenvalue weighted by Crippen LogP contribution is 2.40. The quantitative estimate of drug-likeness (QED) is 0.841. The molecule has 2 atom stereocenters. The van der Waals surface area contributed by atoms with Gasteiger partial charge in [0.25, 0.3) is 0 Å². The minimum Gasteiger partial charge on any atom is -0.505 e. The summed E-state index contributed by atoms with van der Waals surface area (Å²) in [7, 11) is 0. The van der Waals surface area contributed by atoms with Crippen molar-refractivity contribution in [3.05, 3.63) is 59.2 Å². The standard InChI is InChI=1S/C15H13F2NO2/c16-9-2-4-14-10(6-9)12(18)7-15(20-14)8-1-3-13(19)11(17)5-8/h1-6,12,15,19H,7,18H2/t12-,15?/m0/s1. The van der Waals surface area contributed by atoms with Gasteiger partial charge in [0.1, 0.15) is 17.7 Å². The average Bonchev–Trinajstić information content (AvgIpc) is 2.42. The number of phenolic OH excluding ortho intramolecular Hbond substituents is 1. The molecule has 1 aliphatic heterocycles. The molecular weight excluding hydrogens is 264 g/mol. The van der Waals surface area contributed by atoms with Gasteiger partial charge < -0.3 is 15.6 Å². The van der Waals surface area contributed by atoms with E-state index in [-0.39, 0.29) is 11.9 Å². The molecule has 0 saturated heterocycles. The minimum atomic E-state index is -0.704. The van der Waals surface area contributed by atoms with E-state index in [1.54, 1.807) is 6.07 Å². The molecule has 2 aromatic rings. The third kappa shape index (κ3) is 2.20. The number of hydrogen-bond acceptors (Lipinski definition) is 3. The van der Waals surface area contributed by atoms with Crippen LogP contribution in [-0.2, 0) is 0 Å². The van der Waals surface area contributed by atoms with Crippen molar-refractivity contribution >= 4 is 0 Å². The van der Waals surface area contributed by atoms with Crippen molar-refractivity contribution in [3.8, 4) is 11.5 Å². The second-order valence-corrected chi connectivity index (χ2v) is 4.84. The van der Waals surface area contributed by atoms with Crippen molar-refractivity contribution in [2.45, 2.75) is 18.6 Å². The van der Waals surface area contributed by atoms with E-state index in [1.807, 2.05) is 0 Å². The Kier molecular flexibility index (Phi) is 3.06. The second kappa shape index (κ2) is 4.76. The van der Waals surface area contributed by atoms with Crippen molar-refractivity contribution in [2.24, 2.45) is 5.73 Å². The van der Waals surface area contributed by atoms with Crippen LogP contribution in [0.2, 0.25) is 0 Å². The maximum Gasteiger partial charge on any atom is 0.165 e. The molecule has 0 fully saturated rings. The van der Waals surface area contributed by atoms with Gasteiger partial charge in [-0.2, -0.15) is 0 Å². The van der Waals surface area contributed by atoms with Gasteiger partial charge in [-0.05, 0) is 35.9 Å². The van der Waals surface area contributed by atoms with Crippen molar-refractivity contribution in [1.82, 2.24) is 0 Å². The van der Waals surface area contributed by atoms with Crippen molar-refractivity contribution < 1.29 is 18.6 Å². The fourth-order valence-electron chi connectivity index (χ4n) is 2.40. The molecule has 1 heterocycles. The number of phenols is 1. The van der Waals surface area contributed by atoms with Crippen LogP contribution < -0.4 is 10.5 Å². The normalized spacial score (nSPS) is 21.1. The Morgan fingerprint density at radius 2 is 1.95 bits per heavy atom. The summed E-state index contributed by atoms with van der Waals surface area (Å²) in [5.41, 5.74) is 7.22. The topological polar surface area (TPSA) is 55.5 Å². The van der Waals surface area contributed by atoms with Gasteiger partial charge in [0, 0.05) is 18.0 Å². The monoisotopic (exact) mass is 277 g/mol. The molecule has 0 radical (unpaired) electrons. The molecule has 0 aliphatic carbocycles. The highest BCUT2D eigenvalue weighted by molar-refractivity contribution is 5.40. The van der Waals surface area contributed by atoms with Crippen molar-refractivity contribution in [3.63, 3.8) is 0 Å². The maximum absolute atomic E-state index is 13.4. The van der Waals surface area contributed by atoms with Gasteiger partial charge in [0.15, 0.2) is 11.6 Å². The van der Waals surface area contributed by atoms with Crippen molar-refractivity contribution in [1.29, 1.82) is 0 Å². The van der Waals surface area contributed by atoms with E-state index in [2.05, 4.69) is 0 Å². The molecule has 0 spiro atoms. The molecule has 0 aromatic heterocycles. The van der Waals surface area contributed by atoms with E-state index in [1.165, 1.54) is 30.3 Å². The highest BCUT2D eigenvalue weighted by atomic mass is 19.1. The molecule has 3 N–H and O–H groups in total. The van der Waals surface area contributed by atoms with Crippen LogP contribution in [0, 0.1) is 11.6 Å². The molecule has 0 bridgehead atoms. The summed E-state index contributed by atoms with van der Waals surface area (Å²) in [4.78, 5) is 0. The Morgan fingerprint density at radius 1 is 1.15 bits per heavy atom. The molecule has 3 nitrogen and oxygen atoms in total. The average molecular weight is 277 g/mol. The number of ether oxygens (including phenoxy) is 1. The van der Waals surface area contributed by atoms with E-state index < -0.39 is 17.7 Å². The van der Waals surface area contributed by atoms with Crippen molar-refractivity contribution in [2.75, 3.05) is 0 Å². The fourth-order valence-corrected chi connectivity index (χ4v) is 2.40. The summed E-state index contributed by atoms with van der Waals surface area (Å²) in [6.07, 6.45) is -0.00113. The molecule has 1 unspecified atom stereocenters. The number of rotatable bonds is 1. The van der Waals surface area contributed by atoms with E-state index in [0.717, 1.165) is 0 Å². The first-order chi connectivity index (χ1) is 9.54. The number of aromatic hydroxyl groups is 1. The lowest BCUT2D eigenvalue weighted by atomic mass is 9.93. The summed E-state index contributed by atoms with van der Waals surface area (Å²) in [6, 6.07) is 7.88. The SMILES string of the molecule is N[C@H]1CC(c2ccc(O)c(F)c2)Oc2ccc(F)cc21. The number of nitrogens with two attached hydrogens (primary N) is 1. The van der Waals surface area contributed by atoms with E-state index >= 15 is 0 Å². The molecule has 3 rings (SSSR count). The Bertz CT molecular complexity index is 660. The van der Waals surface area contributed by atoms with Gasteiger partial charge in [-0.25, -0.2) is 8.78 Å². The van der Waals surface area contributed by atoms with Crippen LogP contribution in [0.4, 0.5) is 8.78 Å². The molecular formula is C15H13F2NO2. The second-order valence-electron chi connectivity index (χ2n) is 4.84. The third-order valence-corrected chi connectivity index (χ3v) is 3.45. The lowest BCUT2D eigenvalue weighted by Gasteiger charge is -2.30. The summed E-state index contributed by atoms with van der Waals surface area (Å²) < 4.78 is 32.3. The first kappa shape index (κ1) is 12.9. The smallest absolute Gasteiger partial charge is 0.165 e. The Balaban J connectivity index is 1.94. The summed E-state index contributed by atoms with van der Waals surface area (Å²) in [5, 5.41) is 9.20. The summed E-state index contributed by atoms with van der Waals surface area (Å²) in [5.74, 6) is -0.971. The van der Waals surface area contributed by atoms with Crippen LogP contribution in [0.3, 0.4) is 0 Å². The lowest BCUT2D eigenvalue weighted by Crippen LogP contribution is -2.24. The van der Waals surface area contributed by atoms with Crippen LogP contribution in [0.1, 0.15) is 29.7 Å². The molecule has 5 heteroatoms. The van der Waals surface area contributed by atoms with Crippen LogP contribution in [0.15, 0.2) is 36.4 Å². The molecule has 0 amide bonds. The van der Waals surface area contributed by atoms with Crippen LogP contribution >= 0.6 is 0 Å². The number of halogens is 2. The Hall–Kier alpha value is -2.14. The van der Waals surface area contributed by atoms with Gasteiger partial charge in [0.2, 0.25) is 0 Å². The van der Waals surface area contributed by atoms with Gasteiger partial charge in [-0.3, -0.25) is 0 Å². The van der Waals surface area contributed by atoms with Crippen LogP contribution in [-0.4, -0.2) is 5.11 Å². The fraction of sp³-hybridized carbons (Fsp3) is 0.200. The maximum atomic E-state index is 13.4. The largest absolute Gasteiger partial charge is 0.505 e. The zero-order valence-corrected chi connectivity index (χ0v) is 10.5. The molecule has 0 saturated carbocycles. The number of fused-ring (bicyclic) bond motifs is 1. The first-order valence-corrected chi connectivity index (χ1v) is 6.24. The zero-order valence-electron chi connectivity index (χ0n) is 10.5. The Morgan fingerprint density at radius 3 is 2.70 bits per heavy atom.